The summed E-state index contributed by atoms with van der Waals surface area (Å²) >= 11 is 0. The molecule has 1 aliphatic heterocycles. The molecule has 1 heterocycles. The first-order valence-electron chi connectivity index (χ1n) is 21.6. The zero-order valence-corrected chi connectivity index (χ0v) is 39.1. The molecule has 0 spiro atoms. The highest BCUT2D eigenvalue weighted by molar-refractivity contribution is 7.88. The number of carboxylic acids is 1. The van der Waals surface area contributed by atoms with Gasteiger partial charge in [-0.15, -0.1) is 0 Å². The Bertz CT molecular complexity index is 2630. The lowest BCUT2D eigenvalue weighted by Crippen LogP contribution is -2.63. The molecule has 0 saturated heterocycles. The number of para-hydroxylation sites is 2. The molecule has 0 radical (unpaired) electrons. The number of hydrogen-bond donors (Lipinski definition) is 3. The van der Waals surface area contributed by atoms with Crippen molar-refractivity contribution in [3.63, 3.8) is 0 Å². The molecule has 0 bridgehead atoms. The number of nitro groups is 1. The summed E-state index contributed by atoms with van der Waals surface area (Å²) in [5, 5.41) is 37.7. The molecule has 5 aromatic carbocycles. The van der Waals surface area contributed by atoms with Gasteiger partial charge in [0, 0.05) is 42.2 Å². The van der Waals surface area contributed by atoms with Crippen LogP contribution in [0.25, 0.3) is 0 Å². The number of dihydropyridines is 1. The molecule has 67 heavy (non-hydrogen) atoms. The summed E-state index contributed by atoms with van der Waals surface area (Å²) in [7, 11) is -2.68. The van der Waals surface area contributed by atoms with Crippen molar-refractivity contribution in [2.24, 2.45) is 0 Å². The van der Waals surface area contributed by atoms with Gasteiger partial charge in [-0.2, -0.15) is 4.31 Å². The van der Waals surface area contributed by atoms with Gasteiger partial charge in [0.2, 0.25) is 10.0 Å². The first-order chi connectivity index (χ1) is 31.9. The molecule has 16 heteroatoms. The molecule has 0 fully saturated rings. The number of nitrogens with zero attached hydrogens (tertiary/aromatic N) is 3. The SMILES string of the molecule is CCOC(=O)C1=C(CN(CC(C)(C)N(CC(O)COc2ccccc2OC)C(c2ccccc2)(c2ccccc2)c2ccccc2)S(C)(=O)=O)NC(C)=C(C(=O)O)C1c1cccc([N+](=O)[O-])c1. The van der Waals surface area contributed by atoms with Crippen LogP contribution in [0.2, 0.25) is 0 Å². The van der Waals surface area contributed by atoms with Gasteiger partial charge in [-0.1, -0.05) is 115 Å². The summed E-state index contributed by atoms with van der Waals surface area (Å²) in [5.74, 6) is -2.83. The number of esters is 1. The number of nitrogens with one attached hydrogen (secondary N) is 1. The average molecular weight is 933 g/mol. The molecule has 352 valence electrons. The number of β-amino-alcohol motifs (C(OH)–C–C–N with tert-alkyl or cyclic N) is 1. The minimum absolute atomic E-state index is 0.0240. The lowest BCUT2D eigenvalue weighted by molar-refractivity contribution is -0.384. The van der Waals surface area contributed by atoms with Crippen molar-refractivity contribution < 1.29 is 47.4 Å². The van der Waals surface area contributed by atoms with Crippen molar-refractivity contribution in [3.05, 3.63) is 194 Å². The number of carbonyl (C=O) groups is 2. The second-order valence-corrected chi connectivity index (χ2v) is 18.7. The van der Waals surface area contributed by atoms with Crippen LogP contribution < -0.4 is 14.8 Å². The van der Waals surface area contributed by atoms with Crippen molar-refractivity contribution in [2.75, 3.05) is 46.2 Å². The number of aliphatic hydroxyl groups is 1. The van der Waals surface area contributed by atoms with Crippen LogP contribution in [-0.2, 0) is 29.9 Å². The second-order valence-electron chi connectivity index (χ2n) is 16.7. The zero-order valence-electron chi connectivity index (χ0n) is 38.3. The Labute approximate surface area is 391 Å². The number of carbonyl (C=O) groups excluding carboxylic acids is 1. The van der Waals surface area contributed by atoms with Gasteiger partial charge in [0.15, 0.2) is 11.5 Å². The Morgan fingerprint density at radius 3 is 1.87 bits per heavy atom. The topological polar surface area (TPSA) is 198 Å². The Balaban J connectivity index is 1.55. The van der Waals surface area contributed by atoms with Crippen LogP contribution in [0, 0.1) is 10.1 Å². The number of hydrogen-bond acceptors (Lipinski definition) is 12. The number of aliphatic carboxylic acids is 1. The summed E-state index contributed by atoms with van der Waals surface area (Å²) < 4.78 is 47.0. The highest BCUT2D eigenvalue weighted by Gasteiger charge is 2.50. The van der Waals surface area contributed by atoms with E-state index >= 15 is 0 Å². The van der Waals surface area contributed by atoms with Gasteiger partial charge in [-0.25, -0.2) is 18.0 Å². The minimum atomic E-state index is -4.20. The molecule has 0 aromatic heterocycles. The number of methoxy groups -OCH3 is 1. The van der Waals surface area contributed by atoms with Crippen molar-refractivity contribution in [1.29, 1.82) is 0 Å². The van der Waals surface area contributed by atoms with E-state index in [1.165, 1.54) is 42.6 Å². The Hall–Kier alpha value is -6.85. The molecule has 1 aliphatic rings. The fraction of sp³-hybridized carbons (Fsp3) is 0.294. The zero-order chi connectivity index (χ0) is 48.5. The predicted molar refractivity (Wildman–Crippen MR) is 254 cm³/mol. The van der Waals surface area contributed by atoms with Crippen LogP contribution in [0.5, 0.6) is 11.5 Å². The molecule has 0 aliphatic carbocycles. The third-order valence-corrected chi connectivity index (χ3v) is 13.0. The molecule has 5 aromatic rings. The van der Waals surface area contributed by atoms with Gasteiger partial charge in [-0.05, 0) is 62.1 Å². The first kappa shape index (κ1) is 49.6. The Morgan fingerprint density at radius 1 is 0.836 bits per heavy atom. The molecule has 0 amide bonds. The van der Waals surface area contributed by atoms with E-state index in [1.54, 1.807) is 31.2 Å². The van der Waals surface area contributed by atoms with Crippen LogP contribution in [-0.4, -0.2) is 103 Å². The molecule has 15 nitrogen and oxygen atoms in total. The number of sulfonamides is 1. The number of aliphatic hydroxyl groups excluding tert-OH is 1. The van der Waals surface area contributed by atoms with Crippen LogP contribution in [0.1, 0.15) is 55.9 Å². The van der Waals surface area contributed by atoms with Crippen molar-refractivity contribution in [1.82, 2.24) is 14.5 Å². The van der Waals surface area contributed by atoms with Gasteiger partial charge in [0.1, 0.15) is 12.7 Å². The lowest BCUT2D eigenvalue weighted by atomic mass is 9.73. The Kier molecular flexibility index (Phi) is 15.7. The third-order valence-electron chi connectivity index (χ3n) is 11.8. The lowest BCUT2D eigenvalue weighted by Gasteiger charge is -2.54. The molecule has 0 saturated carbocycles. The van der Waals surface area contributed by atoms with Crippen LogP contribution in [0.3, 0.4) is 0 Å². The highest BCUT2D eigenvalue weighted by atomic mass is 32.2. The van der Waals surface area contributed by atoms with Crippen LogP contribution in [0.15, 0.2) is 162 Å². The smallest absolute Gasteiger partial charge is 0.336 e. The first-order valence-corrected chi connectivity index (χ1v) is 23.5. The third kappa shape index (κ3) is 10.9. The number of nitro benzene ring substituents is 1. The largest absolute Gasteiger partial charge is 0.493 e. The number of non-ortho nitro benzene ring substituents is 1. The number of ether oxygens (including phenoxy) is 3. The van der Waals surface area contributed by atoms with Gasteiger partial charge >= 0.3 is 11.9 Å². The molecular formula is C51H56N4O11S. The number of rotatable bonds is 21. The summed E-state index contributed by atoms with van der Waals surface area (Å²) in [6, 6.07) is 41.5. The monoisotopic (exact) mass is 932 g/mol. The van der Waals surface area contributed by atoms with E-state index in [4.69, 9.17) is 14.2 Å². The fourth-order valence-electron chi connectivity index (χ4n) is 8.92. The highest BCUT2D eigenvalue weighted by Crippen LogP contribution is 2.47. The van der Waals surface area contributed by atoms with Crippen molar-refractivity contribution >= 4 is 27.6 Å². The normalized spacial score (nSPS) is 15.0. The summed E-state index contributed by atoms with van der Waals surface area (Å²) in [6.45, 7) is 5.71. The van der Waals surface area contributed by atoms with Crippen molar-refractivity contribution in [3.8, 4) is 11.5 Å². The number of allylic oxidation sites excluding steroid dienone is 1. The summed E-state index contributed by atoms with van der Waals surface area (Å²) in [4.78, 5) is 40.5. The van der Waals surface area contributed by atoms with Crippen LogP contribution in [0.4, 0.5) is 5.69 Å². The van der Waals surface area contributed by atoms with E-state index in [2.05, 4.69) is 10.2 Å². The molecule has 2 atom stereocenters. The van der Waals surface area contributed by atoms with E-state index in [1.807, 2.05) is 105 Å². The van der Waals surface area contributed by atoms with E-state index in [-0.39, 0.29) is 60.1 Å². The average Bonchev–Trinajstić information content (AvgIpc) is 3.31. The van der Waals surface area contributed by atoms with Gasteiger partial charge < -0.3 is 29.7 Å². The van der Waals surface area contributed by atoms with Crippen LogP contribution >= 0.6 is 0 Å². The fourth-order valence-corrected chi connectivity index (χ4v) is 9.83. The van der Waals surface area contributed by atoms with Gasteiger partial charge in [0.05, 0.1) is 54.0 Å². The molecular weight excluding hydrogens is 877 g/mol. The summed E-state index contributed by atoms with van der Waals surface area (Å²) in [6.07, 6.45) is -0.138. The molecule has 6 rings (SSSR count). The van der Waals surface area contributed by atoms with E-state index in [9.17, 15) is 38.3 Å². The molecule has 3 N–H and O–H groups in total. The maximum Gasteiger partial charge on any atom is 0.336 e. The number of carboxylic acid groups (broad SMARTS) is 1. The van der Waals surface area contributed by atoms with Gasteiger partial charge in [0.25, 0.3) is 5.69 Å². The van der Waals surface area contributed by atoms with Gasteiger partial charge in [-0.3, -0.25) is 15.0 Å². The number of benzene rings is 5. The standard InChI is InChI=1S/C51H56N4O11S/c1-7-65-49(59)47-42(52-35(2)45(48(57)58)46(47)36-20-19-27-40(30-36)55(60)61)32-53(67(6,62)63)34-50(3,4)54(31-41(56)33-66-44-29-18-17-28-43(44)64-5)51(37-21-11-8-12-22-37,38-23-13-9-14-24-38)39-25-15-10-16-26-39/h8-30,41,46,52,56H,7,31-34H2,1-6H3,(H,57,58). The van der Waals surface area contributed by atoms with E-state index in [0.717, 1.165) is 22.9 Å². The minimum Gasteiger partial charge on any atom is -0.493 e. The Morgan fingerprint density at radius 2 is 1.37 bits per heavy atom. The maximum atomic E-state index is 14.3. The quantitative estimate of drug-likeness (QED) is 0.0288. The maximum absolute atomic E-state index is 14.3. The van der Waals surface area contributed by atoms with E-state index in [0.29, 0.717) is 11.5 Å². The predicted octanol–water partition coefficient (Wildman–Crippen LogP) is 7.24. The summed E-state index contributed by atoms with van der Waals surface area (Å²) in [5.41, 5.74) is -0.588. The second kappa shape index (κ2) is 21.2. The van der Waals surface area contributed by atoms with Crippen molar-refractivity contribution in [2.45, 2.75) is 50.8 Å². The van der Waals surface area contributed by atoms with E-state index < -0.39 is 56.5 Å². The molecule has 2 unspecified atom stereocenters.